The van der Waals surface area contributed by atoms with Gasteiger partial charge in [0.2, 0.25) is 0 Å². The normalized spacial score (nSPS) is 12.7. The van der Waals surface area contributed by atoms with Gasteiger partial charge in [-0.15, -0.1) is 0 Å². The van der Waals surface area contributed by atoms with Crippen LogP contribution in [0.1, 0.15) is 29.3 Å². The molecule has 0 bridgehead atoms. The van der Waals surface area contributed by atoms with Crippen LogP contribution in [0.3, 0.4) is 0 Å². The molecule has 3 nitrogen and oxygen atoms in total. The van der Waals surface area contributed by atoms with Crippen molar-refractivity contribution in [2.45, 2.75) is 26.3 Å². The van der Waals surface area contributed by atoms with Gasteiger partial charge in [-0.1, -0.05) is 12.1 Å². The Morgan fingerprint density at radius 3 is 2.74 bits per heavy atom. The van der Waals surface area contributed by atoms with Crippen LogP contribution in [-0.2, 0) is 4.74 Å². The Morgan fingerprint density at radius 2 is 2.16 bits per heavy atom. The van der Waals surface area contributed by atoms with Crippen molar-refractivity contribution in [3.05, 3.63) is 35.1 Å². The van der Waals surface area contributed by atoms with E-state index in [1.165, 1.54) is 6.07 Å². The monoisotopic (exact) mass is 267 g/mol. The van der Waals surface area contributed by atoms with E-state index >= 15 is 0 Å². The van der Waals surface area contributed by atoms with E-state index in [-0.39, 0.29) is 17.6 Å². The number of ether oxygens (including phenoxy) is 1. The smallest absolute Gasteiger partial charge is 0.164 e. The molecule has 0 fully saturated rings. The molecule has 0 heterocycles. The first-order valence-corrected chi connectivity index (χ1v) is 6.44. The highest BCUT2D eigenvalue weighted by Gasteiger charge is 2.12. The molecule has 1 atom stereocenters. The minimum Gasteiger partial charge on any atom is -0.383 e. The second kappa shape index (κ2) is 7.36. The number of rotatable bonds is 7. The molecular formula is C15H22FNO2. The van der Waals surface area contributed by atoms with E-state index in [1.54, 1.807) is 26.2 Å². The summed E-state index contributed by atoms with van der Waals surface area (Å²) in [6.45, 7) is 4.99. The number of halogens is 1. The Hall–Kier alpha value is -1.26. The molecule has 1 aromatic carbocycles. The highest BCUT2D eigenvalue weighted by molar-refractivity contribution is 5.96. The van der Waals surface area contributed by atoms with Gasteiger partial charge in [-0.25, -0.2) is 4.39 Å². The Kier molecular flexibility index (Phi) is 6.12. The average Bonchev–Trinajstić information content (AvgIpc) is 2.39. The third-order valence-corrected chi connectivity index (χ3v) is 3.35. The predicted octanol–water partition coefficient (Wildman–Crippen LogP) is 2.67. The zero-order valence-corrected chi connectivity index (χ0v) is 12.1. The number of Topliss-reactive ketones (excluding diaryl/α,β-unsaturated/α-hetero) is 1. The molecule has 1 unspecified atom stereocenters. The average molecular weight is 267 g/mol. The number of hydrogen-bond donors (Lipinski definition) is 0. The number of aryl methyl sites for hydroxylation is 1. The number of benzene rings is 1. The van der Waals surface area contributed by atoms with E-state index in [1.807, 2.05) is 14.0 Å². The van der Waals surface area contributed by atoms with Crippen LogP contribution in [0.4, 0.5) is 4.39 Å². The molecule has 0 aliphatic rings. The molecule has 1 aromatic rings. The fourth-order valence-electron chi connectivity index (χ4n) is 1.78. The number of carbonyl (C=O) groups is 1. The molecule has 0 spiro atoms. The van der Waals surface area contributed by atoms with Gasteiger partial charge >= 0.3 is 0 Å². The number of hydrogen-bond acceptors (Lipinski definition) is 3. The SMILES string of the molecule is COCC(C)N(C)CCC(=O)c1ccc(C)c(F)c1. The van der Waals surface area contributed by atoms with Crippen LogP contribution in [0, 0.1) is 12.7 Å². The van der Waals surface area contributed by atoms with Gasteiger partial charge in [0.25, 0.3) is 0 Å². The summed E-state index contributed by atoms with van der Waals surface area (Å²) < 4.78 is 18.5. The third kappa shape index (κ3) is 4.73. The summed E-state index contributed by atoms with van der Waals surface area (Å²) in [5.41, 5.74) is 0.998. The number of nitrogens with zero attached hydrogens (tertiary/aromatic N) is 1. The maximum Gasteiger partial charge on any atom is 0.164 e. The maximum absolute atomic E-state index is 13.4. The standard InChI is InChI=1S/C15H22FNO2/c1-11-5-6-13(9-14(11)16)15(18)7-8-17(3)12(2)10-19-4/h5-6,9,12H,7-8,10H2,1-4H3. The summed E-state index contributed by atoms with van der Waals surface area (Å²) >= 11 is 0. The Balaban J connectivity index is 2.53. The van der Waals surface area contributed by atoms with Gasteiger partial charge in [-0.2, -0.15) is 0 Å². The fraction of sp³-hybridized carbons (Fsp3) is 0.533. The molecule has 0 saturated heterocycles. The van der Waals surface area contributed by atoms with E-state index in [0.29, 0.717) is 30.7 Å². The quantitative estimate of drug-likeness (QED) is 0.711. The van der Waals surface area contributed by atoms with E-state index in [2.05, 4.69) is 4.90 Å². The molecule has 0 radical (unpaired) electrons. The second-order valence-electron chi connectivity index (χ2n) is 4.92. The van der Waals surface area contributed by atoms with Gasteiger partial charge in [0.05, 0.1) is 6.61 Å². The maximum atomic E-state index is 13.4. The van der Waals surface area contributed by atoms with Crippen molar-refractivity contribution < 1.29 is 13.9 Å². The van der Waals surface area contributed by atoms with Crippen molar-refractivity contribution in [2.75, 3.05) is 27.3 Å². The van der Waals surface area contributed by atoms with Crippen molar-refractivity contribution in [1.82, 2.24) is 4.90 Å². The minimum atomic E-state index is -0.327. The van der Waals surface area contributed by atoms with E-state index in [4.69, 9.17) is 4.74 Å². The van der Waals surface area contributed by atoms with Crippen LogP contribution in [0.25, 0.3) is 0 Å². The van der Waals surface area contributed by atoms with Crippen molar-refractivity contribution in [3.63, 3.8) is 0 Å². The number of methoxy groups -OCH3 is 1. The summed E-state index contributed by atoms with van der Waals surface area (Å²) in [6, 6.07) is 4.89. The first-order chi connectivity index (χ1) is 8.95. The lowest BCUT2D eigenvalue weighted by Gasteiger charge is -2.23. The molecule has 1 rings (SSSR count). The molecule has 0 N–H and O–H groups in total. The number of likely N-dealkylation sites (N-methyl/N-ethyl adjacent to an activating group) is 1. The molecule has 0 amide bonds. The van der Waals surface area contributed by atoms with Gasteiger partial charge in [-0.3, -0.25) is 4.79 Å². The first kappa shape index (κ1) is 15.8. The van der Waals surface area contributed by atoms with E-state index in [9.17, 15) is 9.18 Å². The van der Waals surface area contributed by atoms with Crippen molar-refractivity contribution in [2.24, 2.45) is 0 Å². The second-order valence-corrected chi connectivity index (χ2v) is 4.92. The molecule has 0 aliphatic heterocycles. The van der Waals surface area contributed by atoms with Gasteiger partial charge < -0.3 is 9.64 Å². The van der Waals surface area contributed by atoms with Crippen LogP contribution in [0.2, 0.25) is 0 Å². The topological polar surface area (TPSA) is 29.5 Å². The predicted molar refractivity (Wildman–Crippen MR) is 74.1 cm³/mol. The molecule has 106 valence electrons. The largest absolute Gasteiger partial charge is 0.383 e. The van der Waals surface area contributed by atoms with Crippen LogP contribution >= 0.6 is 0 Å². The third-order valence-electron chi connectivity index (χ3n) is 3.35. The van der Waals surface area contributed by atoms with E-state index in [0.717, 1.165) is 0 Å². The summed E-state index contributed by atoms with van der Waals surface area (Å²) in [4.78, 5) is 14.0. The lowest BCUT2D eigenvalue weighted by molar-refractivity contribution is 0.0916. The van der Waals surface area contributed by atoms with Crippen LogP contribution in [-0.4, -0.2) is 44.0 Å². The van der Waals surface area contributed by atoms with Crippen LogP contribution in [0.15, 0.2) is 18.2 Å². The highest BCUT2D eigenvalue weighted by atomic mass is 19.1. The summed E-state index contributed by atoms with van der Waals surface area (Å²) in [7, 11) is 3.61. The molecule has 0 saturated carbocycles. The van der Waals surface area contributed by atoms with Crippen molar-refractivity contribution in [3.8, 4) is 0 Å². The number of ketones is 1. The fourth-order valence-corrected chi connectivity index (χ4v) is 1.78. The molecular weight excluding hydrogens is 245 g/mol. The zero-order valence-electron chi connectivity index (χ0n) is 12.1. The van der Waals surface area contributed by atoms with Gasteiger partial charge in [0.1, 0.15) is 5.82 Å². The molecule has 0 aliphatic carbocycles. The Morgan fingerprint density at radius 1 is 1.47 bits per heavy atom. The number of carbonyl (C=O) groups excluding carboxylic acids is 1. The Bertz CT molecular complexity index is 434. The van der Waals surface area contributed by atoms with E-state index < -0.39 is 0 Å². The van der Waals surface area contributed by atoms with Crippen LogP contribution < -0.4 is 0 Å². The summed E-state index contributed by atoms with van der Waals surface area (Å²) in [6.07, 6.45) is 0.382. The molecule has 4 heteroatoms. The van der Waals surface area contributed by atoms with Gasteiger partial charge in [0.15, 0.2) is 5.78 Å². The minimum absolute atomic E-state index is 0.0321. The van der Waals surface area contributed by atoms with Crippen LogP contribution in [0.5, 0.6) is 0 Å². The molecule has 0 aromatic heterocycles. The first-order valence-electron chi connectivity index (χ1n) is 6.44. The van der Waals surface area contributed by atoms with Crippen molar-refractivity contribution in [1.29, 1.82) is 0 Å². The zero-order chi connectivity index (χ0) is 14.4. The summed E-state index contributed by atoms with van der Waals surface area (Å²) in [5.74, 6) is -0.359. The lowest BCUT2D eigenvalue weighted by atomic mass is 10.1. The van der Waals surface area contributed by atoms with Gasteiger partial charge in [-0.05, 0) is 32.5 Å². The Labute approximate surface area is 114 Å². The lowest BCUT2D eigenvalue weighted by Crippen LogP contribution is -2.34. The van der Waals surface area contributed by atoms with Gasteiger partial charge in [0, 0.05) is 31.7 Å². The molecule has 19 heavy (non-hydrogen) atoms. The summed E-state index contributed by atoms with van der Waals surface area (Å²) in [5, 5.41) is 0. The van der Waals surface area contributed by atoms with Crippen molar-refractivity contribution >= 4 is 5.78 Å². The highest BCUT2D eigenvalue weighted by Crippen LogP contribution is 2.11.